The molecule has 0 bridgehead atoms. The van der Waals surface area contributed by atoms with Gasteiger partial charge in [-0.15, -0.1) is 0 Å². The fraction of sp³-hybridized carbons (Fsp3) is 0.333. The van der Waals surface area contributed by atoms with Gasteiger partial charge in [0.25, 0.3) is 0 Å². The molecule has 144 valence electrons. The molecule has 0 spiro atoms. The van der Waals surface area contributed by atoms with Gasteiger partial charge in [0.1, 0.15) is 11.5 Å². The minimum atomic E-state index is -3.77. The highest BCUT2D eigenvalue weighted by Gasteiger charge is 2.29. The highest BCUT2D eigenvalue weighted by Crippen LogP contribution is 2.35. The molecular formula is C18H20N2O6S. The van der Waals surface area contributed by atoms with E-state index in [-0.39, 0.29) is 10.6 Å². The third-order valence-corrected chi connectivity index (χ3v) is 6.24. The van der Waals surface area contributed by atoms with Crippen LogP contribution in [-0.4, -0.2) is 37.8 Å². The first-order valence-electron chi connectivity index (χ1n) is 8.52. The predicted octanol–water partition coefficient (Wildman–Crippen LogP) is 3.57. The second-order valence-electron chi connectivity index (χ2n) is 6.13. The average molecular weight is 392 g/mol. The Morgan fingerprint density at radius 3 is 2.41 bits per heavy atom. The predicted molar refractivity (Wildman–Crippen MR) is 98.8 cm³/mol. The fourth-order valence-corrected chi connectivity index (χ4v) is 4.47. The molecule has 1 saturated heterocycles. The molecule has 2 aromatic carbocycles. The number of methoxy groups -OCH3 is 1. The van der Waals surface area contributed by atoms with Crippen molar-refractivity contribution in [3.8, 4) is 17.2 Å². The van der Waals surface area contributed by atoms with Gasteiger partial charge < -0.3 is 9.47 Å². The normalized spacial score (nSPS) is 15.3. The van der Waals surface area contributed by atoms with E-state index in [9.17, 15) is 18.5 Å². The maximum atomic E-state index is 12.8. The Morgan fingerprint density at radius 1 is 1.04 bits per heavy atom. The van der Waals surface area contributed by atoms with E-state index in [1.54, 1.807) is 24.3 Å². The smallest absolute Gasteiger partial charge is 0.312 e. The topological polar surface area (TPSA) is 99.0 Å². The Labute approximate surface area is 157 Å². The molecule has 1 aliphatic rings. The zero-order valence-electron chi connectivity index (χ0n) is 14.8. The van der Waals surface area contributed by atoms with Crippen molar-refractivity contribution in [3.63, 3.8) is 0 Å². The molecular weight excluding hydrogens is 372 g/mol. The Bertz CT molecular complexity index is 939. The van der Waals surface area contributed by atoms with E-state index in [4.69, 9.17) is 9.47 Å². The van der Waals surface area contributed by atoms with E-state index in [1.807, 2.05) is 0 Å². The van der Waals surface area contributed by atoms with Crippen molar-refractivity contribution in [3.05, 3.63) is 52.6 Å². The minimum Gasteiger partial charge on any atom is -0.497 e. The van der Waals surface area contributed by atoms with Gasteiger partial charge in [0.15, 0.2) is 0 Å². The number of ether oxygens (including phenoxy) is 2. The number of hydrogen-bond donors (Lipinski definition) is 0. The van der Waals surface area contributed by atoms with Crippen molar-refractivity contribution in [1.82, 2.24) is 4.31 Å². The van der Waals surface area contributed by atoms with E-state index in [0.717, 1.165) is 25.3 Å². The lowest BCUT2D eigenvalue weighted by atomic mass is 10.2. The molecule has 0 N–H and O–H groups in total. The molecule has 1 heterocycles. The van der Waals surface area contributed by atoms with Crippen LogP contribution in [0.3, 0.4) is 0 Å². The van der Waals surface area contributed by atoms with Crippen molar-refractivity contribution in [2.75, 3.05) is 20.2 Å². The monoisotopic (exact) mass is 392 g/mol. The van der Waals surface area contributed by atoms with E-state index >= 15 is 0 Å². The van der Waals surface area contributed by atoms with Gasteiger partial charge in [-0.1, -0.05) is 12.5 Å². The first kappa shape index (κ1) is 19.1. The minimum absolute atomic E-state index is 0.0363. The van der Waals surface area contributed by atoms with Gasteiger partial charge in [-0.2, -0.15) is 4.31 Å². The summed E-state index contributed by atoms with van der Waals surface area (Å²) in [6, 6.07) is 10.3. The molecule has 0 aromatic heterocycles. The highest BCUT2D eigenvalue weighted by atomic mass is 32.2. The molecule has 3 rings (SSSR count). The maximum Gasteiger partial charge on any atom is 0.312 e. The van der Waals surface area contributed by atoms with Crippen LogP contribution in [0.1, 0.15) is 19.3 Å². The van der Waals surface area contributed by atoms with Crippen LogP contribution >= 0.6 is 0 Å². The summed E-state index contributed by atoms with van der Waals surface area (Å²) in [5, 5.41) is 11.5. The summed E-state index contributed by atoms with van der Waals surface area (Å²) in [6.07, 6.45) is 2.57. The molecule has 0 unspecified atom stereocenters. The number of nitro benzene ring substituents is 1. The summed E-state index contributed by atoms with van der Waals surface area (Å²) < 4.78 is 37.6. The van der Waals surface area contributed by atoms with Crippen molar-refractivity contribution in [2.45, 2.75) is 24.2 Å². The Balaban J connectivity index is 1.94. The Kier molecular flexibility index (Phi) is 5.62. The molecule has 0 radical (unpaired) electrons. The molecule has 0 amide bonds. The molecule has 8 nitrogen and oxygen atoms in total. The highest BCUT2D eigenvalue weighted by molar-refractivity contribution is 7.89. The van der Waals surface area contributed by atoms with Gasteiger partial charge in [-0.05, 0) is 37.1 Å². The van der Waals surface area contributed by atoms with E-state index in [0.29, 0.717) is 24.6 Å². The van der Waals surface area contributed by atoms with E-state index in [1.165, 1.54) is 23.5 Å². The van der Waals surface area contributed by atoms with Crippen molar-refractivity contribution in [2.24, 2.45) is 0 Å². The summed E-state index contributed by atoms with van der Waals surface area (Å²) in [5.41, 5.74) is -0.407. The van der Waals surface area contributed by atoms with Crippen LogP contribution in [0.15, 0.2) is 47.4 Å². The van der Waals surface area contributed by atoms with Crippen LogP contribution in [0, 0.1) is 10.1 Å². The fourth-order valence-electron chi connectivity index (χ4n) is 2.93. The summed E-state index contributed by atoms with van der Waals surface area (Å²) >= 11 is 0. The second-order valence-corrected chi connectivity index (χ2v) is 8.07. The van der Waals surface area contributed by atoms with Crippen molar-refractivity contribution >= 4 is 15.7 Å². The second kappa shape index (κ2) is 7.93. The maximum absolute atomic E-state index is 12.8. The van der Waals surface area contributed by atoms with Gasteiger partial charge in [-0.25, -0.2) is 8.42 Å². The van der Waals surface area contributed by atoms with Gasteiger partial charge >= 0.3 is 5.69 Å². The Morgan fingerprint density at radius 2 is 1.74 bits per heavy atom. The molecule has 0 aliphatic carbocycles. The number of sulfonamides is 1. The zero-order chi connectivity index (χ0) is 19.4. The van der Waals surface area contributed by atoms with Crippen LogP contribution in [0.25, 0.3) is 0 Å². The van der Waals surface area contributed by atoms with E-state index in [2.05, 4.69) is 0 Å². The van der Waals surface area contributed by atoms with Crippen LogP contribution in [0.4, 0.5) is 5.69 Å². The molecule has 9 heteroatoms. The molecule has 0 saturated carbocycles. The quantitative estimate of drug-likeness (QED) is 0.550. The van der Waals surface area contributed by atoms with Crippen molar-refractivity contribution in [1.29, 1.82) is 0 Å². The van der Waals surface area contributed by atoms with Crippen LogP contribution < -0.4 is 9.47 Å². The van der Waals surface area contributed by atoms with Gasteiger partial charge in [0.05, 0.1) is 16.9 Å². The summed E-state index contributed by atoms with van der Waals surface area (Å²) in [6.45, 7) is 0.858. The molecule has 0 atom stereocenters. The third kappa shape index (κ3) is 4.20. The summed E-state index contributed by atoms with van der Waals surface area (Å²) in [5.74, 6) is 0.856. The summed E-state index contributed by atoms with van der Waals surface area (Å²) in [7, 11) is -2.26. The lowest BCUT2D eigenvalue weighted by molar-refractivity contribution is -0.385. The standard InChI is InChI=1S/C18H20N2O6S/c1-25-14-6-5-7-15(12-14)26-18-9-8-16(13-17(18)20(21)22)27(23,24)19-10-3-2-4-11-19/h5-9,12-13H,2-4,10-11H2,1H3. The van der Waals surface area contributed by atoms with E-state index < -0.39 is 20.6 Å². The number of benzene rings is 2. The number of nitro groups is 1. The van der Waals surface area contributed by atoms with Gasteiger partial charge in [-0.3, -0.25) is 10.1 Å². The molecule has 2 aromatic rings. The van der Waals surface area contributed by atoms with Gasteiger partial charge in [0, 0.05) is 25.2 Å². The van der Waals surface area contributed by atoms with Gasteiger partial charge in [0.2, 0.25) is 15.8 Å². The lowest BCUT2D eigenvalue weighted by Crippen LogP contribution is -2.35. The molecule has 27 heavy (non-hydrogen) atoms. The third-order valence-electron chi connectivity index (χ3n) is 4.35. The average Bonchev–Trinajstić information content (AvgIpc) is 2.68. The number of piperidine rings is 1. The lowest BCUT2D eigenvalue weighted by Gasteiger charge is -2.25. The number of hydrogen-bond acceptors (Lipinski definition) is 6. The first-order chi connectivity index (χ1) is 12.9. The molecule has 1 aliphatic heterocycles. The summed E-state index contributed by atoms with van der Waals surface area (Å²) in [4.78, 5) is 10.7. The number of rotatable bonds is 6. The largest absolute Gasteiger partial charge is 0.497 e. The number of nitrogens with zero attached hydrogens (tertiary/aromatic N) is 2. The van der Waals surface area contributed by atoms with Crippen molar-refractivity contribution < 1.29 is 22.8 Å². The SMILES string of the molecule is COc1cccc(Oc2ccc(S(=O)(=O)N3CCCCC3)cc2[N+](=O)[O-])c1. The van der Waals surface area contributed by atoms with Crippen LogP contribution in [0.2, 0.25) is 0 Å². The van der Waals surface area contributed by atoms with Crippen LogP contribution in [-0.2, 0) is 10.0 Å². The Hall–Kier alpha value is -2.65. The zero-order valence-corrected chi connectivity index (χ0v) is 15.6. The first-order valence-corrected chi connectivity index (χ1v) is 9.96. The molecule has 1 fully saturated rings. The van der Waals surface area contributed by atoms with Crippen LogP contribution in [0.5, 0.6) is 17.2 Å².